The summed E-state index contributed by atoms with van der Waals surface area (Å²) in [4.78, 5) is 2.61. The molecule has 0 spiro atoms. The van der Waals surface area contributed by atoms with E-state index in [9.17, 15) is 0 Å². The summed E-state index contributed by atoms with van der Waals surface area (Å²) in [7, 11) is 0. The van der Waals surface area contributed by atoms with Crippen LogP contribution in [0.5, 0.6) is 0 Å². The first-order valence-corrected chi connectivity index (χ1v) is 13.0. The molecule has 1 rings (SSSR count). The summed E-state index contributed by atoms with van der Waals surface area (Å²) in [6, 6.07) is 8.51. The van der Waals surface area contributed by atoms with E-state index in [0.717, 1.165) is 6.42 Å². The van der Waals surface area contributed by atoms with Crippen molar-refractivity contribution in [2.24, 2.45) is 0 Å². The quantitative estimate of drug-likeness (QED) is 0.583. The van der Waals surface area contributed by atoms with Crippen molar-refractivity contribution < 1.29 is 0 Å². The number of allylic oxidation sites excluding steroid dienone is 1. The number of rotatable bonds is 6. The predicted molar refractivity (Wildman–Crippen MR) is 84.2 cm³/mol. The summed E-state index contributed by atoms with van der Waals surface area (Å²) in [5.41, 5.74) is 1.39. The van der Waals surface area contributed by atoms with Crippen LogP contribution in [0.3, 0.4) is 0 Å². The minimum absolute atomic E-state index is 1.06. The molecule has 1 aromatic carbocycles. The first kappa shape index (κ1) is 15.0. The molecule has 0 aliphatic heterocycles. The molecule has 2 heteroatoms. The molecule has 0 unspecified atom stereocenters. The third kappa shape index (κ3) is 4.29. The molecular formula is C15H23BrGe. The zero-order valence-electron chi connectivity index (χ0n) is 11.2. The average molecular weight is 356 g/mol. The summed E-state index contributed by atoms with van der Waals surface area (Å²) in [6.45, 7) is 7.11. The van der Waals surface area contributed by atoms with Crippen LogP contribution in [0.1, 0.15) is 26.3 Å². The van der Waals surface area contributed by atoms with Crippen molar-refractivity contribution in [3.05, 3.63) is 45.3 Å². The van der Waals surface area contributed by atoms with Crippen molar-refractivity contribution in [1.82, 2.24) is 0 Å². The van der Waals surface area contributed by atoms with Crippen molar-refractivity contribution in [2.75, 3.05) is 0 Å². The molecule has 0 saturated heterocycles. The Balaban J connectivity index is 2.69. The minimum atomic E-state index is -1.61. The monoisotopic (exact) mass is 356 g/mol. The van der Waals surface area contributed by atoms with Gasteiger partial charge in [-0.25, -0.2) is 0 Å². The van der Waals surface area contributed by atoms with Crippen LogP contribution in [-0.4, -0.2) is 13.3 Å². The fourth-order valence-corrected chi connectivity index (χ4v) is 8.58. The van der Waals surface area contributed by atoms with Crippen molar-refractivity contribution in [2.45, 2.75) is 43.0 Å². The van der Waals surface area contributed by atoms with Crippen LogP contribution in [0, 0.1) is 0 Å². The molecule has 0 N–H and O–H groups in total. The molecule has 94 valence electrons. The second kappa shape index (κ2) is 7.42. The second-order valence-corrected chi connectivity index (χ2v) is 16.3. The standard InChI is InChI=1S/C15H23BrGe/c1-4-17(5-2,6-3)13-9-11-14-10-7-8-12-15(14)16/h7-10,12-13H,4-6,11H2,1-3H3/b13-9+. The zero-order valence-corrected chi connectivity index (χ0v) is 14.9. The molecule has 0 radical (unpaired) electrons. The Kier molecular flexibility index (Phi) is 6.57. The molecule has 17 heavy (non-hydrogen) atoms. The van der Waals surface area contributed by atoms with Gasteiger partial charge in [0, 0.05) is 0 Å². The molecule has 0 atom stereocenters. The number of halogens is 1. The Hall–Kier alpha value is -0.0171. The van der Waals surface area contributed by atoms with Gasteiger partial charge in [0.15, 0.2) is 0 Å². The van der Waals surface area contributed by atoms with E-state index in [4.69, 9.17) is 0 Å². The molecule has 0 aliphatic carbocycles. The fourth-order valence-electron chi connectivity index (χ4n) is 2.20. The maximum atomic E-state index is 3.61. The second-order valence-electron chi connectivity index (χ2n) is 4.62. The Morgan fingerprint density at radius 1 is 1.06 bits per heavy atom. The Morgan fingerprint density at radius 2 is 1.65 bits per heavy atom. The van der Waals surface area contributed by atoms with E-state index in [0.29, 0.717) is 0 Å². The van der Waals surface area contributed by atoms with Crippen LogP contribution in [0.15, 0.2) is 39.7 Å². The van der Waals surface area contributed by atoms with Crippen molar-refractivity contribution in [1.29, 1.82) is 0 Å². The van der Waals surface area contributed by atoms with E-state index in [1.807, 2.05) is 0 Å². The van der Waals surface area contributed by atoms with Gasteiger partial charge in [-0.2, -0.15) is 0 Å². The number of hydrogen-bond acceptors (Lipinski definition) is 0. The topological polar surface area (TPSA) is 0 Å². The summed E-state index contributed by atoms with van der Waals surface area (Å²) >= 11 is 2.00. The van der Waals surface area contributed by atoms with E-state index in [-0.39, 0.29) is 0 Å². The molecule has 0 bridgehead atoms. The van der Waals surface area contributed by atoms with E-state index in [2.05, 4.69) is 72.0 Å². The molecule has 0 saturated carbocycles. The molecule has 0 amide bonds. The fraction of sp³-hybridized carbons (Fsp3) is 0.467. The van der Waals surface area contributed by atoms with Crippen molar-refractivity contribution in [3.63, 3.8) is 0 Å². The van der Waals surface area contributed by atoms with Gasteiger partial charge in [0.1, 0.15) is 0 Å². The summed E-state index contributed by atoms with van der Waals surface area (Å²) in [6.07, 6.45) is 3.48. The molecule has 0 nitrogen and oxygen atoms in total. The molecule has 1 aromatic rings. The SMILES string of the molecule is C[CH2][Ge](/[CH]=C/Cc1ccccc1Br)([CH2]C)[CH2]C. The first-order valence-electron chi connectivity index (χ1n) is 6.58. The molecule has 0 heterocycles. The van der Waals surface area contributed by atoms with Gasteiger partial charge in [0.2, 0.25) is 0 Å². The molecule has 0 aromatic heterocycles. The van der Waals surface area contributed by atoms with Crippen molar-refractivity contribution in [3.8, 4) is 0 Å². The summed E-state index contributed by atoms with van der Waals surface area (Å²) < 4.78 is 1.23. The van der Waals surface area contributed by atoms with Gasteiger partial charge in [-0.1, -0.05) is 0 Å². The number of hydrogen-bond donors (Lipinski definition) is 0. The van der Waals surface area contributed by atoms with Crippen molar-refractivity contribution >= 4 is 29.2 Å². The Labute approximate surface area is 117 Å². The average Bonchev–Trinajstić information content (AvgIpc) is 2.37. The van der Waals surface area contributed by atoms with Gasteiger partial charge in [0.25, 0.3) is 0 Å². The van der Waals surface area contributed by atoms with Gasteiger partial charge in [-0.15, -0.1) is 0 Å². The van der Waals surface area contributed by atoms with Crippen LogP contribution in [0.2, 0.25) is 15.8 Å². The van der Waals surface area contributed by atoms with E-state index in [1.54, 1.807) is 0 Å². The van der Waals surface area contributed by atoms with Gasteiger partial charge in [-0.3, -0.25) is 0 Å². The van der Waals surface area contributed by atoms with E-state index < -0.39 is 13.3 Å². The van der Waals surface area contributed by atoms with Gasteiger partial charge in [0.05, 0.1) is 0 Å². The van der Waals surface area contributed by atoms with Crippen LogP contribution >= 0.6 is 15.9 Å². The molecule has 0 aliphatic rings. The first-order chi connectivity index (χ1) is 8.17. The number of benzene rings is 1. The Bertz CT molecular complexity index is 359. The van der Waals surface area contributed by atoms with Crippen LogP contribution in [0.25, 0.3) is 0 Å². The molecular weight excluding hydrogens is 333 g/mol. The summed E-state index contributed by atoms with van der Waals surface area (Å²) in [5, 5.41) is 4.25. The Morgan fingerprint density at radius 3 is 2.18 bits per heavy atom. The summed E-state index contributed by atoms with van der Waals surface area (Å²) in [5.74, 6) is 0. The van der Waals surface area contributed by atoms with Crippen LogP contribution in [0.4, 0.5) is 0 Å². The van der Waals surface area contributed by atoms with Gasteiger partial charge in [-0.05, 0) is 0 Å². The van der Waals surface area contributed by atoms with E-state index >= 15 is 0 Å². The normalized spacial score (nSPS) is 12.2. The van der Waals surface area contributed by atoms with E-state index in [1.165, 1.54) is 25.8 Å². The maximum absolute atomic E-state index is 3.61. The van der Waals surface area contributed by atoms with Gasteiger partial charge < -0.3 is 0 Å². The third-order valence-corrected chi connectivity index (χ3v) is 15.5. The zero-order chi connectivity index (χ0) is 12.7. The predicted octanol–water partition coefficient (Wildman–Crippen LogP) is 5.60. The molecule has 0 fully saturated rings. The van der Waals surface area contributed by atoms with Crippen LogP contribution in [-0.2, 0) is 6.42 Å². The van der Waals surface area contributed by atoms with Crippen LogP contribution < -0.4 is 0 Å². The van der Waals surface area contributed by atoms with Gasteiger partial charge >= 0.3 is 117 Å². The third-order valence-electron chi connectivity index (χ3n) is 3.88.